The maximum absolute atomic E-state index is 12.7. The normalized spacial score (nSPS) is 10.8. The Morgan fingerprint density at radius 2 is 1.79 bits per heavy atom. The Bertz CT molecular complexity index is 1040. The van der Waals surface area contributed by atoms with Crippen molar-refractivity contribution in [2.75, 3.05) is 12.4 Å². The molecule has 3 rings (SSSR count). The van der Waals surface area contributed by atoms with Gasteiger partial charge in [-0.15, -0.1) is 0 Å². The second-order valence-electron chi connectivity index (χ2n) is 7.20. The monoisotopic (exact) mass is 391 g/mol. The Hall–Kier alpha value is -3.41. The van der Waals surface area contributed by atoms with Gasteiger partial charge < -0.3 is 15.4 Å². The third-order valence-electron chi connectivity index (χ3n) is 4.66. The van der Waals surface area contributed by atoms with Gasteiger partial charge in [0.15, 0.2) is 0 Å². The second-order valence-corrected chi connectivity index (χ2v) is 7.20. The van der Waals surface area contributed by atoms with E-state index in [9.17, 15) is 9.59 Å². The predicted octanol–water partition coefficient (Wildman–Crippen LogP) is 4.08. The number of benzene rings is 2. The fourth-order valence-corrected chi connectivity index (χ4v) is 2.87. The van der Waals surface area contributed by atoms with Crippen LogP contribution in [0.15, 0.2) is 48.5 Å². The van der Waals surface area contributed by atoms with Crippen LogP contribution in [0.2, 0.25) is 0 Å². The molecule has 6 nitrogen and oxygen atoms in total. The lowest BCUT2D eigenvalue weighted by Gasteiger charge is -2.11. The lowest BCUT2D eigenvalue weighted by Crippen LogP contribution is -2.24. The van der Waals surface area contributed by atoms with Gasteiger partial charge in [0.05, 0.1) is 23.9 Å². The highest BCUT2D eigenvalue weighted by atomic mass is 16.5. The smallest absolute Gasteiger partial charge is 0.253 e. The van der Waals surface area contributed by atoms with Crippen molar-refractivity contribution in [3.63, 3.8) is 0 Å². The Balaban J connectivity index is 1.67. The number of hydrogen-bond acceptors (Lipinski definition) is 4. The van der Waals surface area contributed by atoms with Crippen LogP contribution in [0.25, 0.3) is 10.9 Å². The number of pyridine rings is 1. The molecular weight excluding hydrogens is 366 g/mol. The summed E-state index contributed by atoms with van der Waals surface area (Å²) in [4.78, 5) is 28.9. The molecule has 0 aliphatic heterocycles. The number of carbonyl (C=O) groups is 2. The molecule has 0 spiro atoms. The van der Waals surface area contributed by atoms with Gasteiger partial charge in [-0.1, -0.05) is 26.0 Å². The summed E-state index contributed by atoms with van der Waals surface area (Å²) in [6.45, 7) is 5.90. The van der Waals surface area contributed by atoms with Crippen LogP contribution in [0.4, 0.5) is 5.69 Å². The maximum Gasteiger partial charge on any atom is 0.253 e. The molecule has 2 amide bonds. The van der Waals surface area contributed by atoms with Crippen molar-refractivity contribution < 1.29 is 14.3 Å². The van der Waals surface area contributed by atoms with Gasteiger partial charge in [0.2, 0.25) is 5.91 Å². The molecule has 1 heterocycles. The number of methoxy groups -OCH3 is 1. The van der Waals surface area contributed by atoms with E-state index in [1.54, 1.807) is 7.11 Å². The number of nitrogens with zero attached hydrogens (tertiary/aromatic N) is 1. The maximum atomic E-state index is 12.7. The third-order valence-corrected chi connectivity index (χ3v) is 4.66. The average Bonchev–Trinajstić information content (AvgIpc) is 2.71. The number of ether oxygens (including phenoxy) is 1. The summed E-state index contributed by atoms with van der Waals surface area (Å²) in [6.07, 6.45) is 0. The Morgan fingerprint density at radius 3 is 2.45 bits per heavy atom. The number of carbonyl (C=O) groups excluding carboxylic acids is 2. The van der Waals surface area contributed by atoms with Crippen LogP contribution in [0.3, 0.4) is 0 Å². The number of nitrogens with one attached hydrogen (secondary N) is 2. The summed E-state index contributed by atoms with van der Waals surface area (Å²) < 4.78 is 5.23. The van der Waals surface area contributed by atoms with Crippen LogP contribution >= 0.6 is 0 Å². The number of anilines is 1. The highest BCUT2D eigenvalue weighted by molar-refractivity contribution is 5.98. The van der Waals surface area contributed by atoms with Gasteiger partial charge in [-0.2, -0.15) is 0 Å². The molecule has 0 atom stereocenters. The van der Waals surface area contributed by atoms with Crippen molar-refractivity contribution in [3.8, 4) is 5.75 Å². The highest BCUT2D eigenvalue weighted by Gasteiger charge is 2.12. The summed E-state index contributed by atoms with van der Waals surface area (Å²) in [6, 6.07) is 14.9. The molecule has 1 aromatic heterocycles. The lowest BCUT2D eigenvalue weighted by molar-refractivity contribution is -0.118. The van der Waals surface area contributed by atoms with Crippen molar-refractivity contribution in [3.05, 3.63) is 65.4 Å². The first kappa shape index (κ1) is 20.3. The molecule has 0 bridgehead atoms. The number of aryl methyl sites for hydroxylation is 1. The molecule has 3 aromatic rings. The van der Waals surface area contributed by atoms with Crippen LogP contribution in [-0.4, -0.2) is 23.9 Å². The van der Waals surface area contributed by atoms with Gasteiger partial charge in [-0.05, 0) is 42.8 Å². The minimum absolute atomic E-state index is 0.0250. The second kappa shape index (κ2) is 8.73. The lowest BCUT2D eigenvalue weighted by atomic mass is 10.1. The van der Waals surface area contributed by atoms with E-state index in [2.05, 4.69) is 15.6 Å². The molecule has 0 radical (unpaired) electrons. The molecule has 2 N–H and O–H groups in total. The molecule has 0 aliphatic rings. The summed E-state index contributed by atoms with van der Waals surface area (Å²) in [7, 11) is 1.61. The Morgan fingerprint density at radius 1 is 1.07 bits per heavy atom. The van der Waals surface area contributed by atoms with Gasteiger partial charge in [0, 0.05) is 29.6 Å². The van der Waals surface area contributed by atoms with E-state index >= 15 is 0 Å². The van der Waals surface area contributed by atoms with E-state index in [0.717, 1.165) is 27.9 Å². The van der Waals surface area contributed by atoms with Gasteiger partial charge in [0.1, 0.15) is 5.75 Å². The van der Waals surface area contributed by atoms with Crippen molar-refractivity contribution >= 4 is 28.4 Å². The van der Waals surface area contributed by atoms with E-state index in [1.165, 1.54) is 0 Å². The summed E-state index contributed by atoms with van der Waals surface area (Å²) >= 11 is 0. The van der Waals surface area contributed by atoms with Crippen molar-refractivity contribution in [2.45, 2.75) is 27.3 Å². The molecule has 150 valence electrons. The zero-order valence-corrected chi connectivity index (χ0v) is 17.1. The molecule has 0 saturated heterocycles. The Kier molecular flexibility index (Phi) is 6.12. The van der Waals surface area contributed by atoms with Crippen LogP contribution in [0, 0.1) is 12.8 Å². The number of fused-ring (bicyclic) bond motifs is 1. The number of hydrogen-bond donors (Lipinski definition) is 2. The van der Waals surface area contributed by atoms with E-state index in [-0.39, 0.29) is 17.7 Å². The number of aromatic nitrogens is 1. The average molecular weight is 391 g/mol. The first-order valence-electron chi connectivity index (χ1n) is 9.51. The van der Waals surface area contributed by atoms with E-state index < -0.39 is 0 Å². The number of rotatable bonds is 6. The van der Waals surface area contributed by atoms with Crippen LogP contribution in [0.1, 0.15) is 35.5 Å². The first-order valence-corrected chi connectivity index (χ1v) is 9.51. The van der Waals surface area contributed by atoms with E-state index in [1.807, 2.05) is 69.3 Å². The molecule has 29 heavy (non-hydrogen) atoms. The molecule has 0 unspecified atom stereocenters. The zero-order valence-electron chi connectivity index (χ0n) is 17.1. The summed E-state index contributed by atoms with van der Waals surface area (Å²) in [5.74, 6) is 0.455. The predicted molar refractivity (Wildman–Crippen MR) is 114 cm³/mol. The molecule has 0 fully saturated rings. The minimum atomic E-state index is -0.176. The molecular formula is C23H25N3O3. The summed E-state index contributed by atoms with van der Waals surface area (Å²) in [5.41, 5.74) is 3.68. The molecule has 0 saturated carbocycles. The first-order chi connectivity index (χ1) is 13.9. The van der Waals surface area contributed by atoms with Crippen molar-refractivity contribution in [1.82, 2.24) is 10.3 Å². The zero-order chi connectivity index (χ0) is 21.0. The van der Waals surface area contributed by atoms with Crippen LogP contribution in [0.5, 0.6) is 5.75 Å². The standard InChI is InChI=1S/C23H25N3O3/c1-14(2)22(27)26-18-8-5-16(6-9-18)13-24-23(28)20-11-17-7-10-19(29-4)12-21(17)25-15(20)3/h5-12,14H,13H2,1-4H3,(H,24,28)(H,26,27). The van der Waals surface area contributed by atoms with E-state index in [4.69, 9.17) is 4.74 Å². The van der Waals surface area contributed by atoms with Crippen LogP contribution < -0.4 is 15.4 Å². The van der Waals surface area contributed by atoms with Crippen LogP contribution in [-0.2, 0) is 11.3 Å². The topological polar surface area (TPSA) is 80.3 Å². The van der Waals surface area contributed by atoms with Gasteiger partial charge in [-0.3, -0.25) is 14.6 Å². The van der Waals surface area contributed by atoms with Crippen molar-refractivity contribution in [2.24, 2.45) is 5.92 Å². The number of amides is 2. The minimum Gasteiger partial charge on any atom is -0.497 e. The fraction of sp³-hybridized carbons (Fsp3) is 0.261. The quantitative estimate of drug-likeness (QED) is 0.664. The SMILES string of the molecule is COc1ccc2cc(C(=O)NCc3ccc(NC(=O)C(C)C)cc3)c(C)nc2c1. The third kappa shape index (κ3) is 4.90. The Labute approximate surface area is 170 Å². The van der Waals surface area contributed by atoms with Gasteiger partial charge in [-0.25, -0.2) is 0 Å². The van der Waals surface area contributed by atoms with Crippen molar-refractivity contribution in [1.29, 1.82) is 0 Å². The van der Waals surface area contributed by atoms with Gasteiger partial charge >= 0.3 is 0 Å². The molecule has 0 aliphatic carbocycles. The van der Waals surface area contributed by atoms with Gasteiger partial charge in [0.25, 0.3) is 5.91 Å². The molecule has 6 heteroatoms. The van der Waals surface area contributed by atoms with E-state index in [0.29, 0.717) is 17.8 Å². The highest BCUT2D eigenvalue weighted by Crippen LogP contribution is 2.22. The molecule has 2 aromatic carbocycles. The fourth-order valence-electron chi connectivity index (χ4n) is 2.87. The summed E-state index contributed by atoms with van der Waals surface area (Å²) in [5, 5.41) is 6.66. The largest absolute Gasteiger partial charge is 0.497 e.